The molecule has 156 valence electrons. The smallest absolute Gasteiger partial charge is 0.406 e. The Kier molecular flexibility index (Phi) is 5.30. The van der Waals surface area contributed by atoms with Gasteiger partial charge in [0.2, 0.25) is 0 Å². The number of nitrogens with zero attached hydrogens (tertiary/aromatic N) is 4. The largest absolute Gasteiger partial charge is 0.573 e. The first-order chi connectivity index (χ1) is 13.4. The maximum absolute atomic E-state index is 13.0. The van der Waals surface area contributed by atoms with E-state index in [9.17, 15) is 35.1 Å². The van der Waals surface area contributed by atoms with E-state index in [-0.39, 0.29) is 22.5 Å². The van der Waals surface area contributed by atoms with Crippen LogP contribution in [0.25, 0.3) is 16.9 Å². The van der Waals surface area contributed by atoms with Crippen molar-refractivity contribution in [3.05, 3.63) is 41.7 Å². The number of alkyl halides is 8. The standard InChI is InChI=1S/C15H8F8N4O2/c16-13(17)28-6-7-5-8(29-15(21,22)23)1-2-9(7)10-3-4-11-24-25-12(14(18,19)20)27(11)26-10/h1-5,13H,6H2. The highest BCUT2D eigenvalue weighted by atomic mass is 19.4. The minimum Gasteiger partial charge on any atom is -0.406 e. The summed E-state index contributed by atoms with van der Waals surface area (Å²) in [6, 6.07) is 4.99. The Labute approximate surface area is 155 Å². The molecule has 2 aromatic heterocycles. The quantitative estimate of drug-likeness (QED) is 0.562. The molecule has 0 N–H and O–H groups in total. The Hall–Kier alpha value is -3.03. The predicted molar refractivity (Wildman–Crippen MR) is 78.7 cm³/mol. The van der Waals surface area contributed by atoms with Gasteiger partial charge in [-0.2, -0.15) is 31.6 Å². The third kappa shape index (κ3) is 4.88. The number of hydrogen-bond acceptors (Lipinski definition) is 5. The van der Waals surface area contributed by atoms with E-state index in [1.807, 2.05) is 0 Å². The number of rotatable bonds is 5. The van der Waals surface area contributed by atoms with Crippen molar-refractivity contribution in [2.45, 2.75) is 25.8 Å². The van der Waals surface area contributed by atoms with Gasteiger partial charge in [-0.1, -0.05) is 0 Å². The summed E-state index contributed by atoms with van der Waals surface area (Å²) in [5, 5.41) is 10.0. The molecule has 14 heteroatoms. The minimum atomic E-state index is -5.04. The molecule has 29 heavy (non-hydrogen) atoms. The third-order valence-electron chi connectivity index (χ3n) is 3.47. The summed E-state index contributed by atoms with van der Waals surface area (Å²) in [4.78, 5) is 0. The van der Waals surface area contributed by atoms with E-state index in [0.717, 1.165) is 24.3 Å². The molecule has 0 aliphatic rings. The van der Waals surface area contributed by atoms with E-state index in [4.69, 9.17) is 0 Å². The fourth-order valence-electron chi connectivity index (χ4n) is 2.40. The van der Waals surface area contributed by atoms with Crippen molar-refractivity contribution in [1.29, 1.82) is 0 Å². The van der Waals surface area contributed by atoms with E-state index < -0.39 is 37.3 Å². The van der Waals surface area contributed by atoms with Gasteiger partial charge in [-0.05, 0) is 35.9 Å². The second-order valence-corrected chi connectivity index (χ2v) is 5.45. The number of halogens is 8. The maximum Gasteiger partial charge on any atom is 0.573 e. The molecule has 3 rings (SSSR count). The first-order valence-electron chi connectivity index (χ1n) is 7.52. The molecule has 0 unspecified atom stereocenters. The van der Waals surface area contributed by atoms with Crippen molar-refractivity contribution in [3.8, 4) is 17.0 Å². The summed E-state index contributed by atoms with van der Waals surface area (Å²) < 4.78 is 109. The Bertz CT molecular complexity index is 1020. The van der Waals surface area contributed by atoms with Gasteiger partial charge in [-0.15, -0.1) is 23.4 Å². The molecule has 2 heterocycles. The summed E-state index contributed by atoms with van der Waals surface area (Å²) in [7, 11) is 0. The molecule has 0 fully saturated rings. The van der Waals surface area contributed by atoms with Crippen LogP contribution in [0, 0.1) is 0 Å². The maximum atomic E-state index is 13.0. The molecule has 3 aromatic rings. The fourth-order valence-corrected chi connectivity index (χ4v) is 2.40. The van der Waals surface area contributed by atoms with Crippen LogP contribution in [-0.2, 0) is 17.5 Å². The topological polar surface area (TPSA) is 61.5 Å². The molecule has 0 saturated heterocycles. The minimum absolute atomic E-state index is 0.0519. The average molecular weight is 428 g/mol. The zero-order chi connectivity index (χ0) is 21.4. The van der Waals surface area contributed by atoms with Gasteiger partial charge in [0.1, 0.15) is 5.75 Å². The highest BCUT2D eigenvalue weighted by Crippen LogP contribution is 2.32. The summed E-state index contributed by atoms with van der Waals surface area (Å²) >= 11 is 0. The molecule has 0 aliphatic heterocycles. The lowest BCUT2D eigenvalue weighted by atomic mass is 10.0. The molecule has 0 aliphatic carbocycles. The van der Waals surface area contributed by atoms with Gasteiger partial charge < -0.3 is 9.47 Å². The number of benzene rings is 1. The van der Waals surface area contributed by atoms with Crippen molar-refractivity contribution in [3.63, 3.8) is 0 Å². The number of hydrogen-bond donors (Lipinski definition) is 0. The molecule has 0 radical (unpaired) electrons. The van der Waals surface area contributed by atoms with Gasteiger partial charge in [-0.3, -0.25) is 0 Å². The Morgan fingerprint density at radius 1 is 0.966 bits per heavy atom. The molecular formula is C15H8F8N4O2. The molecule has 0 spiro atoms. The second-order valence-electron chi connectivity index (χ2n) is 5.45. The lowest BCUT2D eigenvalue weighted by molar-refractivity contribution is -0.274. The van der Waals surface area contributed by atoms with Crippen LogP contribution in [0.1, 0.15) is 11.4 Å². The fraction of sp³-hybridized carbons (Fsp3) is 0.267. The molecule has 0 amide bonds. The second kappa shape index (κ2) is 7.42. The Morgan fingerprint density at radius 2 is 1.69 bits per heavy atom. The molecule has 0 saturated carbocycles. The van der Waals surface area contributed by atoms with E-state index >= 15 is 0 Å². The average Bonchev–Trinajstić information content (AvgIpc) is 3.02. The van der Waals surface area contributed by atoms with Gasteiger partial charge in [-0.25, -0.2) is 0 Å². The summed E-state index contributed by atoms with van der Waals surface area (Å²) in [6.45, 7) is -4.09. The van der Waals surface area contributed by atoms with Gasteiger partial charge in [0.05, 0.1) is 12.3 Å². The Morgan fingerprint density at radius 3 is 2.31 bits per heavy atom. The van der Waals surface area contributed by atoms with Crippen molar-refractivity contribution in [2.75, 3.05) is 0 Å². The van der Waals surface area contributed by atoms with Crippen molar-refractivity contribution < 1.29 is 44.6 Å². The number of fused-ring (bicyclic) bond motifs is 1. The number of ether oxygens (including phenoxy) is 2. The highest BCUT2D eigenvalue weighted by molar-refractivity contribution is 5.65. The molecule has 1 aromatic carbocycles. The SMILES string of the molecule is FC(F)OCc1cc(OC(F)(F)F)ccc1-c1ccc2nnc(C(F)(F)F)n2n1. The first-order valence-corrected chi connectivity index (χ1v) is 7.52. The third-order valence-corrected chi connectivity index (χ3v) is 3.47. The zero-order valence-corrected chi connectivity index (χ0v) is 13.8. The lowest BCUT2D eigenvalue weighted by Crippen LogP contribution is -2.17. The summed E-state index contributed by atoms with van der Waals surface area (Å²) in [5.74, 6) is -2.16. The van der Waals surface area contributed by atoms with Gasteiger partial charge in [0.15, 0.2) is 5.65 Å². The van der Waals surface area contributed by atoms with Gasteiger partial charge in [0, 0.05) is 5.56 Å². The molecular weight excluding hydrogens is 420 g/mol. The van der Waals surface area contributed by atoms with Crippen LogP contribution in [0.15, 0.2) is 30.3 Å². The van der Waals surface area contributed by atoms with Crippen LogP contribution in [0.5, 0.6) is 5.75 Å². The van der Waals surface area contributed by atoms with Gasteiger partial charge in [0.25, 0.3) is 5.82 Å². The molecule has 0 atom stereocenters. The van der Waals surface area contributed by atoms with E-state index in [1.165, 1.54) is 6.07 Å². The zero-order valence-electron chi connectivity index (χ0n) is 13.8. The van der Waals surface area contributed by atoms with Crippen LogP contribution in [0.3, 0.4) is 0 Å². The number of aromatic nitrogens is 4. The molecule has 6 nitrogen and oxygen atoms in total. The highest BCUT2D eigenvalue weighted by Gasteiger charge is 2.37. The van der Waals surface area contributed by atoms with Crippen LogP contribution in [0.4, 0.5) is 35.1 Å². The normalized spacial score (nSPS) is 12.7. The van der Waals surface area contributed by atoms with Crippen LogP contribution in [-0.4, -0.2) is 32.8 Å². The summed E-state index contributed by atoms with van der Waals surface area (Å²) in [5.41, 5.74) is -0.692. The van der Waals surface area contributed by atoms with Crippen LogP contribution in [0.2, 0.25) is 0 Å². The van der Waals surface area contributed by atoms with Crippen LogP contribution < -0.4 is 4.74 Å². The Balaban J connectivity index is 2.08. The van der Waals surface area contributed by atoms with E-state index in [0.29, 0.717) is 4.52 Å². The summed E-state index contributed by atoms with van der Waals surface area (Å²) in [6.07, 6.45) is -9.92. The monoisotopic (exact) mass is 428 g/mol. The van der Waals surface area contributed by atoms with E-state index in [2.05, 4.69) is 24.8 Å². The van der Waals surface area contributed by atoms with Crippen molar-refractivity contribution in [1.82, 2.24) is 19.8 Å². The van der Waals surface area contributed by atoms with E-state index in [1.54, 1.807) is 0 Å². The van der Waals surface area contributed by atoms with Crippen molar-refractivity contribution >= 4 is 5.65 Å². The van der Waals surface area contributed by atoms with Gasteiger partial charge >= 0.3 is 19.2 Å². The first kappa shape index (κ1) is 20.7. The predicted octanol–water partition coefficient (Wildman–Crippen LogP) is 4.45. The van der Waals surface area contributed by atoms with Crippen molar-refractivity contribution in [2.24, 2.45) is 0 Å². The lowest BCUT2D eigenvalue weighted by Gasteiger charge is -2.14. The van der Waals surface area contributed by atoms with Crippen LogP contribution >= 0.6 is 0 Å². The molecule has 0 bridgehead atoms.